The van der Waals surface area contributed by atoms with Gasteiger partial charge in [-0.2, -0.15) is 0 Å². The Kier molecular flexibility index (Phi) is 4.70. The first-order chi connectivity index (χ1) is 11.5. The molecule has 3 aromatic rings. The number of carbonyl (C=O) groups excluding carboxylic acids is 1. The number of aromatic amines is 1. The monoisotopic (exact) mass is 320 g/mol. The lowest BCUT2D eigenvalue weighted by atomic mass is 10.1. The minimum absolute atomic E-state index is 0.0381. The highest BCUT2D eigenvalue weighted by atomic mass is 16.1. The van der Waals surface area contributed by atoms with Gasteiger partial charge in [0.25, 0.3) is 5.91 Å². The summed E-state index contributed by atoms with van der Waals surface area (Å²) in [5, 5.41) is 4.20. The van der Waals surface area contributed by atoms with Gasteiger partial charge in [-0.15, -0.1) is 0 Å². The molecule has 1 amide bonds. The molecule has 24 heavy (non-hydrogen) atoms. The molecule has 2 N–H and O–H groups in total. The molecular formula is C21H24N2O. The Morgan fingerprint density at radius 1 is 1.12 bits per heavy atom. The Hall–Kier alpha value is -2.55. The highest BCUT2D eigenvalue weighted by Gasteiger charge is 2.13. The highest BCUT2D eigenvalue weighted by molar-refractivity contribution is 5.99. The number of nitrogens with one attached hydrogen (secondary N) is 2. The summed E-state index contributed by atoms with van der Waals surface area (Å²) in [7, 11) is 0. The summed E-state index contributed by atoms with van der Waals surface area (Å²) in [6.45, 7) is 6.20. The Morgan fingerprint density at radius 3 is 2.62 bits per heavy atom. The van der Waals surface area contributed by atoms with Crippen molar-refractivity contribution in [1.29, 1.82) is 0 Å². The molecule has 0 aliphatic rings. The van der Waals surface area contributed by atoms with Crippen LogP contribution in [0.4, 0.5) is 0 Å². The number of fused-ring (bicyclic) bond motifs is 1. The molecule has 124 valence electrons. The lowest BCUT2D eigenvalue weighted by Crippen LogP contribution is -2.33. The third-order valence-corrected chi connectivity index (χ3v) is 4.42. The second-order valence-electron chi connectivity index (χ2n) is 6.62. The number of aromatic nitrogens is 1. The number of H-pyrrole nitrogens is 1. The minimum Gasteiger partial charge on any atom is -0.351 e. The van der Waals surface area contributed by atoms with Crippen molar-refractivity contribution in [3.05, 3.63) is 70.9 Å². The molecule has 1 unspecified atom stereocenters. The highest BCUT2D eigenvalue weighted by Crippen LogP contribution is 2.21. The molecule has 0 saturated carbocycles. The van der Waals surface area contributed by atoms with Crippen LogP contribution in [0.15, 0.2) is 48.5 Å². The second-order valence-corrected chi connectivity index (χ2v) is 6.62. The van der Waals surface area contributed by atoms with Gasteiger partial charge in [0, 0.05) is 16.9 Å². The third kappa shape index (κ3) is 3.67. The lowest BCUT2D eigenvalue weighted by Gasteiger charge is -2.13. The molecule has 0 bridgehead atoms. The number of rotatable bonds is 5. The summed E-state index contributed by atoms with van der Waals surface area (Å²) in [6.07, 6.45) is 1.89. The van der Waals surface area contributed by atoms with Crippen molar-refractivity contribution in [1.82, 2.24) is 10.3 Å². The molecule has 0 aliphatic heterocycles. The standard InChI is InChI=1S/C21H24N2O/c1-14-11-15(2)18-13-20(23-19(18)12-14)21(24)22-16(3)9-10-17-7-5-4-6-8-17/h4-8,11-13,16,23H,9-10H2,1-3H3,(H,22,24). The van der Waals surface area contributed by atoms with Crippen molar-refractivity contribution in [2.24, 2.45) is 0 Å². The average Bonchev–Trinajstić information content (AvgIpc) is 2.98. The maximum atomic E-state index is 12.5. The lowest BCUT2D eigenvalue weighted by molar-refractivity contribution is 0.0934. The largest absolute Gasteiger partial charge is 0.351 e. The van der Waals surface area contributed by atoms with E-state index in [9.17, 15) is 4.79 Å². The van der Waals surface area contributed by atoms with Gasteiger partial charge in [-0.25, -0.2) is 0 Å². The van der Waals surface area contributed by atoms with Crippen molar-refractivity contribution < 1.29 is 4.79 Å². The number of amides is 1. The maximum Gasteiger partial charge on any atom is 0.267 e. The summed E-state index contributed by atoms with van der Waals surface area (Å²) in [6, 6.07) is 16.7. The van der Waals surface area contributed by atoms with E-state index in [0.717, 1.165) is 23.7 Å². The van der Waals surface area contributed by atoms with Gasteiger partial charge in [0.2, 0.25) is 0 Å². The minimum atomic E-state index is -0.0381. The van der Waals surface area contributed by atoms with Gasteiger partial charge in [-0.05, 0) is 62.4 Å². The first-order valence-corrected chi connectivity index (χ1v) is 8.47. The van der Waals surface area contributed by atoms with Gasteiger partial charge in [0.1, 0.15) is 5.69 Å². The van der Waals surface area contributed by atoms with Crippen LogP contribution >= 0.6 is 0 Å². The van der Waals surface area contributed by atoms with E-state index < -0.39 is 0 Å². The molecule has 3 nitrogen and oxygen atoms in total. The van der Waals surface area contributed by atoms with Crippen LogP contribution in [0.1, 0.15) is 40.5 Å². The molecule has 0 aliphatic carbocycles. The van der Waals surface area contributed by atoms with Crippen LogP contribution in [0.5, 0.6) is 0 Å². The fourth-order valence-corrected chi connectivity index (χ4v) is 3.12. The molecule has 3 rings (SSSR count). The molecule has 3 heteroatoms. The SMILES string of the molecule is Cc1cc(C)c2cc(C(=O)NC(C)CCc3ccccc3)[nH]c2c1. The molecule has 0 spiro atoms. The first kappa shape index (κ1) is 16.3. The smallest absolute Gasteiger partial charge is 0.267 e. The summed E-state index contributed by atoms with van der Waals surface area (Å²) in [4.78, 5) is 15.7. The summed E-state index contributed by atoms with van der Waals surface area (Å²) in [5.74, 6) is -0.0381. The van der Waals surface area contributed by atoms with Gasteiger partial charge in [-0.3, -0.25) is 4.79 Å². The number of hydrogen-bond acceptors (Lipinski definition) is 1. The van der Waals surface area contributed by atoms with E-state index in [2.05, 4.69) is 55.3 Å². The van der Waals surface area contributed by atoms with E-state index >= 15 is 0 Å². The summed E-state index contributed by atoms with van der Waals surface area (Å²) < 4.78 is 0. The number of hydrogen-bond donors (Lipinski definition) is 2. The van der Waals surface area contributed by atoms with Crippen LogP contribution in [0, 0.1) is 13.8 Å². The van der Waals surface area contributed by atoms with Crippen molar-refractivity contribution in [3.63, 3.8) is 0 Å². The zero-order valence-corrected chi connectivity index (χ0v) is 14.5. The van der Waals surface area contributed by atoms with Crippen LogP contribution in [0.3, 0.4) is 0 Å². The molecule has 1 heterocycles. The van der Waals surface area contributed by atoms with Crippen LogP contribution in [-0.2, 0) is 6.42 Å². The van der Waals surface area contributed by atoms with Gasteiger partial charge in [-0.1, -0.05) is 36.4 Å². The normalized spacial score (nSPS) is 12.3. The van der Waals surface area contributed by atoms with E-state index in [4.69, 9.17) is 0 Å². The average molecular weight is 320 g/mol. The van der Waals surface area contributed by atoms with Crippen molar-refractivity contribution in [2.75, 3.05) is 0 Å². The zero-order valence-electron chi connectivity index (χ0n) is 14.5. The van der Waals surface area contributed by atoms with Crippen molar-refractivity contribution in [3.8, 4) is 0 Å². The predicted molar refractivity (Wildman–Crippen MR) is 99.5 cm³/mol. The summed E-state index contributed by atoms with van der Waals surface area (Å²) >= 11 is 0. The Labute approximate surface area is 143 Å². The third-order valence-electron chi connectivity index (χ3n) is 4.42. The van der Waals surface area contributed by atoms with Gasteiger partial charge in [0.15, 0.2) is 0 Å². The molecule has 2 aromatic carbocycles. The Bertz CT molecular complexity index is 849. The van der Waals surface area contributed by atoms with Gasteiger partial charge in [0.05, 0.1) is 0 Å². The molecule has 0 fully saturated rings. The Morgan fingerprint density at radius 2 is 1.88 bits per heavy atom. The number of carbonyl (C=O) groups is 1. The van der Waals surface area contributed by atoms with Crippen LogP contribution in [0.25, 0.3) is 10.9 Å². The maximum absolute atomic E-state index is 12.5. The van der Waals surface area contributed by atoms with E-state index in [1.54, 1.807) is 0 Å². The molecule has 1 aromatic heterocycles. The van der Waals surface area contributed by atoms with E-state index in [1.807, 2.05) is 24.3 Å². The van der Waals surface area contributed by atoms with Gasteiger partial charge >= 0.3 is 0 Å². The predicted octanol–water partition coefficient (Wildman–Crippen LogP) is 4.54. The number of aryl methyl sites for hydroxylation is 3. The van der Waals surface area contributed by atoms with E-state index in [1.165, 1.54) is 16.7 Å². The van der Waals surface area contributed by atoms with Crippen LogP contribution in [0.2, 0.25) is 0 Å². The summed E-state index contributed by atoms with van der Waals surface area (Å²) in [5.41, 5.74) is 5.35. The molecule has 0 saturated heterocycles. The molecule has 0 radical (unpaired) electrons. The zero-order chi connectivity index (χ0) is 17.1. The van der Waals surface area contributed by atoms with Gasteiger partial charge < -0.3 is 10.3 Å². The second kappa shape index (κ2) is 6.91. The fraction of sp³-hybridized carbons (Fsp3) is 0.286. The molecule has 1 atom stereocenters. The topological polar surface area (TPSA) is 44.9 Å². The van der Waals surface area contributed by atoms with Crippen LogP contribution in [-0.4, -0.2) is 16.9 Å². The van der Waals surface area contributed by atoms with Crippen LogP contribution < -0.4 is 5.32 Å². The van der Waals surface area contributed by atoms with Crippen molar-refractivity contribution >= 4 is 16.8 Å². The quantitative estimate of drug-likeness (QED) is 0.712. The fourth-order valence-electron chi connectivity index (χ4n) is 3.12. The molecular weight excluding hydrogens is 296 g/mol. The Balaban J connectivity index is 1.65. The first-order valence-electron chi connectivity index (χ1n) is 8.47. The van der Waals surface area contributed by atoms with Crippen molar-refractivity contribution in [2.45, 2.75) is 39.7 Å². The number of benzene rings is 2. The van der Waals surface area contributed by atoms with E-state index in [0.29, 0.717) is 5.69 Å². The van der Waals surface area contributed by atoms with E-state index in [-0.39, 0.29) is 11.9 Å².